The van der Waals surface area contributed by atoms with Gasteiger partial charge in [-0.15, -0.1) is 0 Å². The third kappa shape index (κ3) is 4.03. The van der Waals surface area contributed by atoms with Crippen molar-refractivity contribution in [3.63, 3.8) is 0 Å². The quantitative estimate of drug-likeness (QED) is 0.729. The second-order valence-electron chi connectivity index (χ2n) is 7.79. The van der Waals surface area contributed by atoms with Crippen LogP contribution in [0, 0.1) is 5.92 Å². The number of rotatable bonds is 3. The minimum absolute atomic E-state index is 0.00519. The summed E-state index contributed by atoms with van der Waals surface area (Å²) in [7, 11) is 4.17. The van der Waals surface area contributed by atoms with Gasteiger partial charge in [0.2, 0.25) is 0 Å². The van der Waals surface area contributed by atoms with Crippen molar-refractivity contribution in [1.82, 2.24) is 10.2 Å². The number of likely N-dealkylation sites (N-methyl/N-ethyl adjacent to an activating group) is 1. The number of nitrogens with zero attached hydrogens (tertiary/aromatic N) is 3. The van der Waals surface area contributed by atoms with E-state index >= 15 is 0 Å². The molecule has 6 heteroatoms. The SMILES string of the molecule is CN1CCN(c2ccc(N(C)/C=C3\C(=O)NCC4CC=C(Br)C=C34)cc2)CC1. The van der Waals surface area contributed by atoms with Crippen molar-refractivity contribution in [3.05, 3.63) is 58.2 Å². The lowest BCUT2D eigenvalue weighted by Crippen LogP contribution is -2.44. The highest BCUT2D eigenvalue weighted by Gasteiger charge is 2.30. The molecular weight excluding hydrogens is 416 g/mol. The van der Waals surface area contributed by atoms with Gasteiger partial charge in [-0.2, -0.15) is 0 Å². The van der Waals surface area contributed by atoms with E-state index in [1.165, 1.54) is 5.69 Å². The van der Waals surface area contributed by atoms with Gasteiger partial charge >= 0.3 is 0 Å². The number of carbonyl (C=O) groups is 1. The number of benzene rings is 1. The molecule has 1 aromatic rings. The van der Waals surface area contributed by atoms with E-state index in [2.05, 4.69) is 74.5 Å². The van der Waals surface area contributed by atoms with Gasteiger partial charge in [-0.1, -0.05) is 22.0 Å². The summed E-state index contributed by atoms with van der Waals surface area (Å²) in [6.07, 6.45) is 7.17. The summed E-state index contributed by atoms with van der Waals surface area (Å²) in [5, 5.41) is 3.03. The molecule has 2 heterocycles. The Hall–Kier alpha value is -2.05. The highest BCUT2D eigenvalue weighted by atomic mass is 79.9. The molecule has 1 N–H and O–H groups in total. The molecule has 2 fully saturated rings. The first-order valence-corrected chi connectivity index (χ1v) is 10.6. The first kappa shape index (κ1) is 19.3. The molecule has 1 amide bonds. The maximum absolute atomic E-state index is 12.5. The number of carbonyl (C=O) groups excluding carboxylic acids is 1. The van der Waals surface area contributed by atoms with Gasteiger partial charge in [-0.05, 0) is 49.4 Å². The number of nitrogens with one attached hydrogen (secondary N) is 1. The molecule has 2 aliphatic heterocycles. The Balaban J connectivity index is 1.53. The van der Waals surface area contributed by atoms with Crippen molar-refractivity contribution in [1.29, 1.82) is 0 Å². The lowest BCUT2D eigenvalue weighted by Gasteiger charge is -2.34. The Morgan fingerprint density at radius 3 is 2.61 bits per heavy atom. The topological polar surface area (TPSA) is 38.8 Å². The molecule has 0 spiro atoms. The van der Waals surface area contributed by atoms with Gasteiger partial charge in [0.1, 0.15) is 0 Å². The first-order valence-electron chi connectivity index (χ1n) is 9.85. The van der Waals surface area contributed by atoms with Crippen molar-refractivity contribution < 1.29 is 4.79 Å². The third-order valence-corrected chi connectivity index (χ3v) is 6.40. The number of halogens is 1. The van der Waals surface area contributed by atoms with Crippen LogP contribution < -0.4 is 15.1 Å². The maximum Gasteiger partial charge on any atom is 0.253 e. The second-order valence-corrected chi connectivity index (χ2v) is 8.71. The maximum atomic E-state index is 12.5. The molecule has 5 nitrogen and oxygen atoms in total. The Kier molecular flexibility index (Phi) is 5.60. The number of amides is 1. The van der Waals surface area contributed by atoms with Crippen LogP contribution in [0.3, 0.4) is 0 Å². The molecule has 28 heavy (non-hydrogen) atoms. The van der Waals surface area contributed by atoms with E-state index in [0.717, 1.165) is 53.9 Å². The molecule has 3 aliphatic rings. The van der Waals surface area contributed by atoms with Gasteiger partial charge in [0.15, 0.2) is 0 Å². The molecule has 4 rings (SSSR count). The van der Waals surface area contributed by atoms with Crippen LogP contribution in [0.15, 0.2) is 58.2 Å². The van der Waals surface area contributed by atoms with E-state index in [9.17, 15) is 4.79 Å². The summed E-state index contributed by atoms with van der Waals surface area (Å²) in [5.74, 6) is 0.365. The number of allylic oxidation sites excluding steroid dienone is 3. The number of anilines is 2. The van der Waals surface area contributed by atoms with Crippen LogP contribution >= 0.6 is 15.9 Å². The molecular formula is C22H27BrN4O. The van der Waals surface area contributed by atoms with E-state index in [1.54, 1.807) is 0 Å². The zero-order valence-corrected chi connectivity index (χ0v) is 18.1. The van der Waals surface area contributed by atoms with Gasteiger partial charge in [0, 0.05) is 67.7 Å². The largest absolute Gasteiger partial charge is 0.369 e. The van der Waals surface area contributed by atoms with E-state index in [4.69, 9.17) is 0 Å². The first-order chi connectivity index (χ1) is 13.5. The van der Waals surface area contributed by atoms with E-state index in [0.29, 0.717) is 12.5 Å². The number of fused-ring (bicyclic) bond motifs is 1. The van der Waals surface area contributed by atoms with E-state index < -0.39 is 0 Å². The Morgan fingerprint density at radius 2 is 1.89 bits per heavy atom. The average molecular weight is 443 g/mol. The molecule has 0 aromatic heterocycles. The fourth-order valence-electron chi connectivity index (χ4n) is 4.00. The van der Waals surface area contributed by atoms with Crippen LogP contribution in [0.4, 0.5) is 11.4 Å². The predicted molar refractivity (Wildman–Crippen MR) is 119 cm³/mol. The molecule has 1 atom stereocenters. The Bertz CT molecular complexity index is 835. The molecule has 0 saturated carbocycles. The summed E-state index contributed by atoms with van der Waals surface area (Å²) in [6.45, 7) is 5.04. The molecule has 1 unspecified atom stereocenters. The van der Waals surface area contributed by atoms with Gasteiger partial charge in [-0.25, -0.2) is 0 Å². The minimum atomic E-state index is 0.00519. The molecule has 1 aromatic carbocycles. The van der Waals surface area contributed by atoms with Gasteiger partial charge < -0.3 is 20.0 Å². The van der Waals surface area contributed by atoms with Crippen molar-refractivity contribution in [2.45, 2.75) is 6.42 Å². The van der Waals surface area contributed by atoms with Crippen LogP contribution in [-0.4, -0.2) is 57.6 Å². The third-order valence-electron chi connectivity index (χ3n) is 5.84. The second kappa shape index (κ2) is 8.13. The molecule has 2 saturated heterocycles. The highest BCUT2D eigenvalue weighted by Crippen LogP contribution is 2.34. The molecule has 1 aliphatic carbocycles. The number of piperidine rings is 1. The number of hydrogen-bond acceptors (Lipinski definition) is 4. The van der Waals surface area contributed by atoms with Gasteiger partial charge in [0.25, 0.3) is 5.91 Å². The average Bonchev–Trinajstić information content (AvgIpc) is 2.71. The number of hydrogen-bond donors (Lipinski definition) is 1. The summed E-state index contributed by atoms with van der Waals surface area (Å²) >= 11 is 3.56. The lowest BCUT2D eigenvalue weighted by atomic mass is 9.83. The highest BCUT2D eigenvalue weighted by molar-refractivity contribution is 9.11. The van der Waals surface area contributed by atoms with Crippen LogP contribution in [-0.2, 0) is 4.79 Å². The standard InChI is InChI=1S/C22H27BrN4O/c1-25-9-11-27(12-10-25)19-7-5-18(6-8-19)26(2)15-21-20-13-17(23)4-3-16(20)14-24-22(21)28/h4-8,13,15-16H,3,9-12,14H2,1-2H3,(H,24,28)/b21-15-. The summed E-state index contributed by atoms with van der Waals surface area (Å²) in [5.41, 5.74) is 4.22. The normalized spacial score (nSPS) is 24.4. The summed E-state index contributed by atoms with van der Waals surface area (Å²) in [4.78, 5) is 19.3. The summed E-state index contributed by atoms with van der Waals surface area (Å²) < 4.78 is 1.05. The fourth-order valence-corrected chi connectivity index (χ4v) is 4.44. The monoisotopic (exact) mass is 442 g/mol. The molecule has 0 radical (unpaired) electrons. The Labute approximate surface area is 175 Å². The molecule has 0 bridgehead atoms. The number of piperazine rings is 1. The zero-order valence-electron chi connectivity index (χ0n) is 16.5. The van der Waals surface area contributed by atoms with Crippen molar-refractivity contribution >= 4 is 33.2 Å². The van der Waals surface area contributed by atoms with Crippen LogP contribution in [0.2, 0.25) is 0 Å². The van der Waals surface area contributed by atoms with Crippen LogP contribution in [0.1, 0.15) is 6.42 Å². The predicted octanol–water partition coefficient (Wildman–Crippen LogP) is 3.11. The Morgan fingerprint density at radius 1 is 1.18 bits per heavy atom. The van der Waals surface area contributed by atoms with E-state index in [-0.39, 0.29) is 5.91 Å². The van der Waals surface area contributed by atoms with Crippen molar-refractivity contribution in [2.24, 2.45) is 5.92 Å². The zero-order chi connectivity index (χ0) is 19.7. The van der Waals surface area contributed by atoms with Crippen molar-refractivity contribution in [3.8, 4) is 0 Å². The van der Waals surface area contributed by atoms with Crippen molar-refractivity contribution in [2.75, 3.05) is 56.6 Å². The van der Waals surface area contributed by atoms with Gasteiger partial charge in [-0.3, -0.25) is 4.79 Å². The van der Waals surface area contributed by atoms with Crippen LogP contribution in [0.25, 0.3) is 0 Å². The minimum Gasteiger partial charge on any atom is -0.369 e. The van der Waals surface area contributed by atoms with Gasteiger partial charge in [0.05, 0.1) is 5.57 Å². The smallest absolute Gasteiger partial charge is 0.253 e. The molecule has 148 valence electrons. The fraction of sp³-hybridized carbons (Fsp3) is 0.409. The summed E-state index contributed by atoms with van der Waals surface area (Å²) in [6, 6.07) is 8.62. The van der Waals surface area contributed by atoms with Crippen LogP contribution in [0.5, 0.6) is 0 Å². The van der Waals surface area contributed by atoms with E-state index in [1.807, 2.05) is 18.1 Å². The lowest BCUT2D eigenvalue weighted by molar-refractivity contribution is -0.118.